The molecule has 0 aromatic rings. The van der Waals surface area contributed by atoms with E-state index in [1.54, 1.807) is 0 Å². The molecule has 9 atom stereocenters. The van der Waals surface area contributed by atoms with Crippen LogP contribution in [0.25, 0.3) is 0 Å². The van der Waals surface area contributed by atoms with E-state index in [0.29, 0.717) is 24.0 Å². The predicted octanol–water partition coefficient (Wildman–Crippen LogP) is 5.20. The average Bonchev–Trinajstić information content (AvgIpc) is 3.20. The molecule has 0 bridgehead atoms. The Morgan fingerprint density at radius 3 is 2.41 bits per heavy atom. The zero-order chi connectivity index (χ0) is 23.3. The van der Waals surface area contributed by atoms with E-state index in [4.69, 9.17) is 4.74 Å². The number of hydrogen-bond acceptors (Lipinski definition) is 4. The van der Waals surface area contributed by atoms with E-state index in [1.807, 2.05) is 13.8 Å². The van der Waals surface area contributed by atoms with Gasteiger partial charge in [-0.1, -0.05) is 38.8 Å². The van der Waals surface area contributed by atoms with Gasteiger partial charge in [-0.15, -0.1) is 0 Å². The van der Waals surface area contributed by atoms with Gasteiger partial charge < -0.3 is 14.9 Å². The summed E-state index contributed by atoms with van der Waals surface area (Å²) < 4.78 is 5.70. The monoisotopic (exact) mass is 444 g/mol. The van der Waals surface area contributed by atoms with E-state index in [2.05, 4.69) is 27.7 Å². The van der Waals surface area contributed by atoms with Crippen LogP contribution in [0.4, 0.5) is 0 Å². The van der Waals surface area contributed by atoms with Crippen molar-refractivity contribution >= 4 is 5.78 Å². The molecular weight excluding hydrogens is 400 g/mol. The van der Waals surface area contributed by atoms with Crippen molar-refractivity contribution in [3.8, 4) is 0 Å². The van der Waals surface area contributed by atoms with E-state index in [0.717, 1.165) is 51.4 Å². The maximum Gasteiger partial charge on any atom is 0.133 e. The Kier molecular flexibility index (Phi) is 5.15. The van der Waals surface area contributed by atoms with Crippen molar-refractivity contribution in [3.05, 3.63) is 11.1 Å². The van der Waals surface area contributed by atoms with Crippen LogP contribution >= 0.6 is 0 Å². The van der Waals surface area contributed by atoms with Gasteiger partial charge in [-0.3, -0.25) is 4.79 Å². The second-order valence-corrected chi connectivity index (χ2v) is 13.3. The number of rotatable bonds is 4. The summed E-state index contributed by atoms with van der Waals surface area (Å²) >= 11 is 0. The van der Waals surface area contributed by atoms with E-state index < -0.39 is 6.10 Å². The molecule has 0 radical (unpaired) electrons. The molecule has 0 aromatic heterocycles. The fraction of sp³-hybridized carbons (Fsp3) is 0.893. The van der Waals surface area contributed by atoms with Crippen LogP contribution in [0, 0.1) is 34.0 Å². The Hall–Kier alpha value is -0.710. The third kappa shape index (κ3) is 3.08. The number of carbonyl (C=O) groups excluding carboxylic acids is 1. The van der Waals surface area contributed by atoms with Crippen molar-refractivity contribution in [3.63, 3.8) is 0 Å². The Morgan fingerprint density at radius 2 is 1.75 bits per heavy atom. The van der Waals surface area contributed by atoms with E-state index in [-0.39, 0.29) is 40.0 Å². The average molecular weight is 445 g/mol. The van der Waals surface area contributed by atoms with Crippen LogP contribution in [0.1, 0.15) is 99.3 Å². The fourth-order valence-corrected chi connectivity index (χ4v) is 9.27. The first kappa shape index (κ1) is 23.1. The molecule has 5 rings (SSSR count). The number of carbonyl (C=O) groups is 1. The van der Waals surface area contributed by atoms with Gasteiger partial charge in [0.1, 0.15) is 11.9 Å². The minimum atomic E-state index is -0.425. The maximum absolute atomic E-state index is 12.2. The SMILES string of the molecule is CC(CC(O)C1OC1(C)C)C1=C2CC(O)C3[C@@]4(C)CCC(=O)CC4CC[C@]3(C)[C@@]2(C)CC1. The van der Waals surface area contributed by atoms with Gasteiger partial charge >= 0.3 is 0 Å². The fourth-order valence-electron chi connectivity index (χ4n) is 9.27. The number of allylic oxidation sites excluding steroid dienone is 1. The van der Waals surface area contributed by atoms with Crippen molar-refractivity contribution in [1.82, 2.24) is 0 Å². The number of ether oxygens (including phenoxy) is 1. The first-order chi connectivity index (χ1) is 14.8. The molecule has 1 aliphatic heterocycles. The molecule has 3 saturated carbocycles. The van der Waals surface area contributed by atoms with Gasteiger partial charge in [0.05, 0.1) is 17.8 Å². The molecule has 6 unspecified atom stereocenters. The summed E-state index contributed by atoms with van der Waals surface area (Å²) in [5, 5.41) is 22.4. The number of fused-ring (bicyclic) bond motifs is 5. The van der Waals surface area contributed by atoms with Gasteiger partial charge in [0.15, 0.2) is 0 Å². The first-order valence-corrected chi connectivity index (χ1v) is 13.1. The molecule has 32 heavy (non-hydrogen) atoms. The Bertz CT molecular complexity index is 844. The van der Waals surface area contributed by atoms with Crippen molar-refractivity contribution in [2.75, 3.05) is 0 Å². The zero-order valence-corrected chi connectivity index (χ0v) is 21.0. The molecular formula is C28H44O4. The predicted molar refractivity (Wildman–Crippen MR) is 125 cm³/mol. The van der Waals surface area contributed by atoms with Crippen molar-refractivity contribution in [2.24, 2.45) is 34.0 Å². The van der Waals surface area contributed by atoms with Gasteiger partial charge in [-0.25, -0.2) is 0 Å². The highest BCUT2D eigenvalue weighted by Crippen LogP contribution is 2.72. The smallest absolute Gasteiger partial charge is 0.133 e. The Balaban J connectivity index is 1.45. The van der Waals surface area contributed by atoms with Crippen LogP contribution in [-0.2, 0) is 9.53 Å². The van der Waals surface area contributed by atoms with Gasteiger partial charge in [0.25, 0.3) is 0 Å². The minimum Gasteiger partial charge on any atom is -0.392 e. The van der Waals surface area contributed by atoms with E-state index >= 15 is 0 Å². The number of ketones is 1. The second kappa shape index (κ2) is 7.15. The lowest BCUT2D eigenvalue weighted by molar-refractivity contribution is -0.188. The minimum absolute atomic E-state index is 0.0496. The second-order valence-electron chi connectivity index (χ2n) is 13.3. The number of Topliss-reactive ketones (excluding diaryl/α,β-unsaturated/α-hetero) is 1. The maximum atomic E-state index is 12.2. The molecule has 4 fully saturated rings. The zero-order valence-electron chi connectivity index (χ0n) is 21.0. The third-order valence-electron chi connectivity index (χ3n) is 11.4. The highest BCUT2D eigenvalue weighted by atomic mass is 16.6. The highest BCUT2D eigenvalue weighted by molar-refractivity contribution is 5.79. The summed E-state index contributed by atoms with van der Waals surface area (Å²) in [5.41, 5.74) is 3.03. The lowest BCUT2D eigenvalue weighted by Gasteiger charge is -2.67. The van der Waals surface area contributed by atoms with Crippen LogP contribution < -0.4 is 0 Å². The number of aliphatic hydroxyl groups excluding tert-OH is 2. The first-order valence-electron chi connectivity index (χ1n) is 13.1. The molecule has 0 aromatic carbocycles. The Labute approximate surface area is 194 Å². The van der Waals surface area contributed by atoms with Crippen LogP contribution in [-0.4, -0.2) is 39.9 Å². The largest absolute Gasteiger partial charge is 0.392 e. The van der Waals surface area contributed by atoms with E-state index in [9.17, 15) is 15.0 Å². The molecule has 2 N–H and O–H groups in total. The van der Waals surface area contributed by atoms with Gasteiger partial charge in [-0.05, 0) is 92.8 Å². The van der Waals surface area contributed by atoms with Crippen LogP contribution in [0.15, 0.2) is 11.1 Å². The van der Waals surface area contributed by atoms with Crippen molar-refractivity contribution < 1.29 is 19.7 Å². The third-order valence-corrected chi connectivity index (χ3v) is 11.4. The summed E-state index contributed by atoms with van der Waals surface area (Å²) in [4.78, 5) is 12.2. The lowest BCUT2D eigenvalue weighted by atomic mass is 9.38. The summed E-state index contributed by atoms with van der Waals surface area (Å²) in [6, 6.07) is 0. The molecule has 180 valence electrons. The lowest BCUT2D eigenvalue weighted by Crippen LogP contribution is -2.63. The van der Waals surface area contributed by atoms with Crippen molar-refractivity contribution in [1.29, 1.82) is 0 Å². The van der Waals surface area contributed by atoms with E-state index in [1.165, 1.54) is 11.1 Å². The molecule has 4 aliphatic carbocycles. The van der Waals surface area contributed by atoms with Crippen LogP contribution in [0.2, 0.25) is 0 Å². The normalized spacial score (nSPS) is 49.2. The molecule has 1 saturated heterocycles. The number of epoxide rings is 1. The molecule has 4 heteroatoms. The quantitative estimate of drug-likeness (QED) is 0.462. The Morgan fingerprint density at radius 1 is 1.06 bits per heavy atom. The van der Waals surface area contributed by atoms with Crippen LogP contribution in [0.3, 0.4) is 0 Å². The van der Waals surface area contributed by atoms with Crippen LogP contribution in [0.5, 0.6) is 0 Å². The molecule has 0 spiro atoms. The summed E-state index contributed by atoms with van der Waals surface area (Å²) in [6.07, 6.45) is 7.51. The van der Waals surface area contributed by atoms with Gasteiger partial charge in [0, 0.05) is 12.8 Å². The molecule has 5 aliphatic rings. The summed E-state index contributed by atoms with van der Waals surface area (Å²) in [7, 11) is 0. The summed E-state index contributed by atoms with van der Waals surface area (Å²) in [5.74, 6) is 1.43. The van der Waals surface area contributed by atoms with Gasteiger partial charge in [0.2, 0.25) is 0 Å². The standard InChI is InChI=1S/C28H44O4/c1-16(13-22(31)24-25(2,3)32-24)19-9-12-27(5)20(19)15-21(30)23-26(4)10-8-18(29)14-17(26)7-11-28(23,27)6/h16-17,21-24,30-31H,7-15H2,1-6H3/t16?,17?,21?,22?,23?,24?,26-,27-,28-/m0/s1. The van der Waals surface area contributed by atoms with Gasteiger partial charge in [-0.2, -0.15) is 0 Å². The molecule has 1 heterocycles. The number of aliphatic hydroxyl groups is 2. The summed E-state index contributed by atoms with van der Waals surface area (Å²) in [6.45, 7) is 13.7. The number of hydrogen-bond donors (Lipinski definition) is 2. The highest BCUT2D eigenvalue weighted by Gasteiger charge is 2.67. The molecule has 0 amide bonds. The van der Waals surface area contributed by atoms with Crippen molar-refractivity contribution in [2.45, 2.75) is 123 Å². The molecule has 4 nitrogen and oxygen atoms in total. The topological polar surface area (TPSA) is 70.1 Å².